The lowest BCUT2D eigenvalue weighted by molar-refractivity contribution is 0.0950. The van der Waals surface area contributed by atoms with Crippen molar-refractivity contribution in [1.29, 1.82) is 0 Å². The molecule has 120 valence electrons. The molecule has 0 bridgehead atoms. The van der Waals surface area contributed by atoms with Gasteiger partial charge in [-0.1, -0.05) is 6.07 Å². The molecule has 0 atom stereocenters. The summed E-state index contributed by atoms with van der Waals surface area (Å²) < 4.78 is 5.12. The summed E-state index contributed by atoms with van der Waals surface area (Å²) in [6.07, 6.45) is 4.83. The number of ether oxygens (including phenoxy) is 1. The molecule has 0 saturated carbocycles. The number of rotatable bonds is 5. The van der Waals surface area contributed by atoms with Gasteiger partial charge < -0.3 is 4.74 Å². The van der Waals surface area contributed by atoms with Gasteiger partial charge in [-0.3, -0.25) is 14.9 Å². The van der Waals surface area contributed by atoms with Gasteiger partial charge in [-0.25, -0.2) is 5.43 Å². The third kappa shape index (κ3) is 3.64. The summed E-state index contributed by atoms with van der Waals surface area (Å²) in [7, 11) is 1.61. The van der Waals surface area contributed by atoms with Crippen molar-refractivity contribution in [3.05, 3.63) is 66.1 Å². The predicted molar refractivity (Wildman–Crippen MR) is 89.9 cm³/mol. The Hall–Kier alpha value is -3.48. The van der Waals surface area contributed by atoms with Crippen LogP contribution in [0.2, 0.25) is 0 Å². The zero-order valence-electron chi connectivity index (χ0n) is 12.9. The van der Waals surface area contributed by atoms with Crippen molar-refractivity contribution in [1.82, 2.24) is 20.6 Å². The maximum absolute atomic E-state index is 12.0. The largest absolute Gasteiger partial charge is 0.497 e. The molecular formula is C17H15N5O2. The van der Waals surface area contributed by atoms with Crippen LogP contribution in [-0.2, 0) is 0 Å². The molecule has 0 aliphatic rings. The van der Waals surface area contributed by atoms with E-state index in [1.54, 1.807) is 31.6 Å². The number of hydrogen-bond donors (Lipinski definition) is 2. The number of nitrogens with one attached hydrogen (secondary N) is 2. The Morgan fingerprint density at radius 2 is 2.12 bits per heavy atom. The van der Waals surface area contributed by atoms with E-state index in [1.807, 2.05) is 30.3 Å². The number of pyridine rings is 1. The highest BCUT2D eigenvalue weighted by Crippen LogP contribution is 2.21. The smallest absolute Gasteiger partial charge is 0.289 e. The minimum atomic E-state index is -0.373. The summed E-state index contributed by atoms with van der Waals surface area (Å²) in [5.41, 5.74) is 5.10. The monoisotopic (exact) mass is 321 g/mol. The molecule has 0 aliphatic heterocycles. The number of amides is 1. The number of aromatic amines is 1. The zero-order chi connectivity index (χ0) is 16.8. The summed E-state index contributed by atoms with van der Waals surface area (Å²) in [5, 5.41) is 10.7. The van der Waals surface area contributed by atoms with Crippen molar-refractivity contribution < 1.29 is 9.53 Å². The van der Waals surface area contributed by atoms with E-state index < -0.39 is 0 Å². The fourth-order valence-corrected chi connectivity index (χ4v) is 2.03. The minimum absolute atomic E-state index is 0.323. The van der Waals surface area contributed by atoms with Gasteiger partial charge in [-0.15, -0.1) is 0 Å². The lowest BCUT2D eigenvalue weighted by atomic mass is 10.1. The summed E-state index contributed by atoms with van der Waals surface area (Å²) >= 11 is 0. The predicted octanol–water partition coefficient (Wildman–Crippen LogP) is 2.24. The Balaban J connectivity index is 1.66. The van der Waals surface area contributed by atoms with Gasteiger partial charge in [0, 0.05) is 23.5 Å². The molecule has 1 amide bonds. The fraction of sp³-hybridized carbons (Fsp3) is 0.0588. The molecule has 0 aliphatic carbocycles. The number of carbonyl (C=O) groups is 1. The summed E-state index contributed by atoms with van der Waals surface area (Å²) in [6, 6.07) is 12.7. The van der Waals surface area contributed by atoms with Crippen molar-refractivity contribution in [2.45, 2.75) is 0 Å². The first kappa shape index (κ1) is 15.4. The average Bonchev–Trinajstić information content (AvgIpc) is 3.13. The Kier molecular flexibility index (Phi) is 4.62. The molecule has 0 saturated heterocycles. The Morgan fingerprint density at radius 1 is 1.29 bits per heavy atom. The maximum Gasteiger partial charge on any atom is 0.289 e. The molecule has 3 rings (SSSR count). The van der Waals surface area contributed by atoms with E-state index in [4.69, 9.17) is 4.74 Å². The topological polar surface area (TPSA) is 92.3 Å². The van der Waals surface area contributed by atoms with Gasteiger partial charge >= 0.3 is 0 Å². The van der Waals surface area contributed by atoms with Gasteiger partial charge in [-0.05, 0) is 36.4 Å². The van der Waals surface area contributed by atoms with Crippen LogP contribution in [0.3, 0.4) is 0 Å². The van der Waals surface area contributed by atoms with Crippen LogP contribution in [-0.4, -0.2) is 34.4 Å². The first-order chi connectivity index (χ1) is 11.8. The number of hydrogen-bond acceptors (Lipinski definition) is 5. The van der Waals surface area contributed by atoms with Crippen LogP contribution < -0.4 is 10.2 Å². The minimum Gasteiger partial charge on any atom is -0.497 e. The molecule has 2 N–H and O–H groups in total. The average molecular weight is 321 g/mol. The van der Waals surface area contributed by atoms with Crippen LogP contribution >= 0.6 is 0 Å². The number of hydrazone groups is 1. The van der Waals surface area contributed by atoms with Crippen molar-refractivity contribution >= 4 is 12.1 Å². The summed E-state index contributed by atoms with van der Waals surface area (Å²) in [6.45, 7) is 0. The van der Waals surface area contributed by atoms with Gasteiger partial charge in [0.1, 0.15) is 11.4 Å². The van der Waals surface area contributed by atoms with Crippen LogP contribution in [0.4, 0.5) is 0 Å². The highest BCUT2D eigenvalue weighted by atomic mass is 16.5. The molecular weight excluding hydrogens is 306 g/mol. The lowest BCUT2D eigenvalue weighted by Gasteiger charge is -2.00. The second-order valence-electron chi connectivity index (χ2n) is 4.88. The highest BCUT2D eigenvalue weighted by Gasteiger charge is 2.10. The molecule has 0 unspecified atom stereocenters. The van der Waals surface area contributed by atoms with E-state index >= 15 is 0 Å². The molecule has 24 heavy (non-hydrogen) atoms. The third-order valence-corrected chi connectivity index (χ3v) is 3.27. The number of aromatic nitrogens is 3. The molecule has 2 heterocycles. The maximum atomic E-state index is 12.0. The van der Waals surface area contributed by atoms with Crippen LogP contribution in [0.25, 0.3) is 11.3 Å². The zero-order valence-corrected chi connectivity index (χ0v) is 12.9. The highest BCUT2D eigenvalue weighted by molar-refractivity contribution is 5.94. The molecule has 3 aromatic rings. The van der Waals surface area contributed by atoms with E-state index in [0.29, 0.717) is 11.4 Å². The van der Waals surface area contributed by atoms with Crippen LogP contribution in [0.5, 0.6) is 5.75 Å². The van der Waals surface area contributed by atoms with Crippen molar-refractivity contribution in [3.63, 3.8) is 0 Å². The van der Waals surface area contributed by atoms with Crippen LogP contribution in [0.1, 0.15) is 16.1 Å². The van der Waals surface area contributed by atoms with Gasteiger partial charge in [0.05, 0.1) is 19.0 Å². The standard InChI is InChI=1S/C17H15N5O2/c1-24-14-6-4-13(5-7-14)15-9-16(21-20-15)17(23)22-19-11-12-3-2-8-18-10-12/h2-11H,1H3,(H,20,21)(H,22,23)/b19-11+. The quantitative estimate of drug-likeness (QED) is 0.557. The molecule has 2 aromatic heterocycles. The molecule has 0 radical (unpaired) electrons. The van der Waals surface area contributed by atoms with Crippen molar-refractivity contribution in [2.75, 3.05) is 7.11 Å². The molecule has 0 spiro atoms. The molecule has 0 fully saturated rings. The van der Waals surface area contributed by atoms with E-state index in [-0.39, 0.29) is 5.91 Å². The van der Waals surface area contributed by atoms with Gasteiger partial charge in [0.15, 0.2) is 0 Å². The number of carbonyl (C=O) groups excluding carboxylic acids is 1. The van der Waals surface area contributed by atoms with E-state index in [0.717, 1.165) is 16.9 Å². The van der Waals surface area contributed by atoms with Crippen LogP contribution in [0, 0.1) is 0 Å². The van der Waals surface area contributed by atoms with Crippen molar-refractivity contribution in [2.24, 2.45) is 5.10 Å². The second-order valence-corrected chi connectivity index (χ2v) is 4.88. The Labute approximate surface area is 138 Å². The molecule has 7 heteroatoms. The number of methoxy groups -OCH3 is 1. The number of H-pyrrole nitrogens is 1. The second kappa shape index (κ2) is 7.19. The van der Waals surface area contributed by atoms with Gasteiger partial charge in [-0.2, -0.15) is 10.2 Å². The Bertz CT molecular complexity index is 841. The first-order valence-corrected chi connectivity index (χ1v) is 7.19. The normalized spacial score (nSPS) is 10.7. The van der Waals surface area contributed by atoms with Gasteiger partial charge in [0.25, 0.3) is 5.91 Å². The summed E-state index contributed by atoms with van der Waals surface area (Å²) in [4.78, 5) is 16.0. The van der Waals surface area contributed by atoms with Crippen LogP contribution in [0.15, 0.2) is 60.0 Å². The lowest BCUT2D eigenvalue weighted by Crippen LogP contribution is -2.18. The third-order valence-electron chi connectivity index (χ3n) is 3.27. The first-order valence-electron chi connectivity index (χ1n) is 7.19. The van der Waals surface area contributed by atoms with E-state index in [2.05, 4.69) is 25.7 Å². The molecule has 1 aromatic carbocycles. The molecule has 7 nitrogen and oxygen atoms in total. The Morgan fingerprint density at radius 3 is 2.83 bits per heavy atom. The SMILES string of the molecule is COc1ccc(-c2cc(C(=O)N/N=C/c3cccnc3)[nH]n2)cc1. The number of benzene rings is 1. The fourth-order valence-electron chi connectivity index (χ4n) is 2.03. The number of nitrogens with zero attached hydrogens (tertiary/aromatic N) is 3. The van der Waals surface area contributed by atoms with E-state index in [1.165, 1.54) is 6.21 Å². The van der Waals surface area contributed by atoms with Crippen molar-refractivity contribution in [3.8, 4) is 17.0 Å². The summed E-state index contributed by atoms with van der Waals surface area (Å²) in [5.74, 6) is 0.388. The van der Waals surface area contributed by atoms with Gasteiger partial charge in [0.2, 0.25) is 0 Å². The van der Waals surface area contributed by atoms with E-state index in [9.17, 15) is 4.79 Å².